The molecule has 0 atom stereocenters. The second kappa shape index (κ2) is 6.60. The smallest absolute Gasteiger partial charge is 0.129 e. The highest BCUT2D eigenvalue weighted by atomic mass is 15.2. The van der Waals surface area contributed by atoms with E-state index in [-0.39, 0.29) is 0 Å². The number of hydrogen-bond donors (Lipinski definition) is 1. The van der Waals surface area contributed by atoms with Crippen LogP contribution in [-0.4, -0.2) is 24.6 Å². The van der Waals surface area contributed by atoms with Crippen molar-refractivity contribution in [2.75, 3.05) is 18.5 Å². The quantitative estimate of drug-likeness (QED) is 0.821. The van der Waals surface area contributed by atoms with Crippen LogP contribution in [0.15, 0.2) is 12.1 Å². The number of aromatic nitrogens is 1. The van der Waals surface area contributed by atoms with Gasteiger partial charge in [0.15, 0.2) is 0 Å². The predicted octanol–water partition coefficient (Wildman–Crippen LogP) is 2.60. The third-order valence-corrected chi connectivity index (χ3v) is 3.00. The lowest BCUT2D eigenvalue weighted by atomic mass is 10.2. The van der Waals surface area contributed by atoms with Crippen LogP contribution in [0.4, 0.5) is 5.82 Å². The van der Waals surface area contributed by atoms with E-state index in [1.54, 1.807) is 0 Å². The Morgan fingerprint density at radius 3 is 2.53 bits per heavy atom. The molecule has 1 N–H and O–H groups in total. The molecule has 1 heterocycles. The Morgan fingerprint density at radius 2 is 2.00 bits per heavy atom. The average molecular weight is 235 g/mol. The van der Waals surface area contributed by atoms with Gasteiger partial charge in [-0.3, -0.25) is 0 Å². The first-order chi connectivity index (χ1) is 8.08. The Hall–Kier alpha value is -1.09. The predicted molar refractivity (Wildman–Crippen MR) is 74.5 cm³/mol. The fourth-order valence-electron chi connectivity index (χ4n) is 1.63. The summed E-state index contributed by atoms with van der Waals surface area (Å²) in [7, 11) is 2.10. The fourth-order valence-corrected chi connectivity index (χ4v) is 1.63. The van der Waals surface area contributed by atoms with Crippen LogP contribution in [0.2, 0.25) is 0 Å². The number of nitrogens with zero attached hydrogens (tertiary/aromatic N) is 2. The Labute approximate surface area is 105 Å². The largest absolute Gasteiger partial charge is 0.357 e. The van der Waals surface area contributed by atoms with Crippen molar-refractivity contribution in [3.8, 4) is 0 Å². The Balaban J connectivity index is 2.96. The van der Waals surface area contributed by atoms with Gasteiger partial charge in [0.1, 0.15) is 5.82 Å². The van der Waals surface area contributed by atoms with Gasteiger partial charge >= 0.3 is 0 Å². The number of aryl methyl sites for hydroxylation is 1. The molecule has 0 fully saturated rings. The van der Waals surface area contributed by atoms with Crippen LogP contribution in [0.3, 0.4) is 0 Å². The number of hydrogen-bond acceptors (Lipinski definition) is 3. The summed E-state index contributed by atoms with van der Waals surface area (Å²) in [5.74, 6) is 1.08. The Bertz CT molecular complexity index is 347. The molecule has 0 spiro atoms. The molecular weight excluding hydrogens is 210 g/mol. The zero-order valence-corrected chi connectivity index (χ0v) is 11.7. The molecule has 0 saturated heterocycles. The van der Waals surface area contributed by atoms with Gasteiger partial charge in [0.05, 0.1) is 0 Å². The second-order valence-corrected chi connectivity index (χ2v) is 4.66. The van der Waals surface area contributed by atoms with E-state index in [4.69, 9.17) is 0 Å². The maximum atomic E-state index is 4.68. The maximum absolute atomic E-state index is 4.68. The summed E-state index contributed by atoms with van der Waals surface area (Å²) in [6, 6.07) is 4.85. The van der Waals surface area contributed by atoms with E-state index in [0.717, 1.165) is 25.3 Å². The van der Waals surface area contributed by atoms with Crippen molar-refractivity contribution in [3.63, 3.8) is 0 Å². The third-order valence-electron chi connectivity index (χ3n) is 3.00. The van der Waals surface area contributed by atoms with Gasteiger partial charge in [0, 0.05) is 25.3 Å². The van der Waals surface area contributed by atoms with Gasteiger partial charge in [0.2, 0.25) is 0 Å². The van der Waals surface area contributed by atoms with Crippen LogP contribution < -0.4 is 10.2 Å². The lowest BCUT2D eigenvalue weighted by Gasteiger charge is -2.23. The molecular formula is C14H25N3. The zero-order valence-electron chi connectivity index (χ0n) is 11.7. The minimum atomic E-state index is 0.474. The van der Waals surface area contributed by atoms with Crippen molar-refractivity contribution >= 4 is 5.82 Å². The molecule has 1 aromatic rings. The van der Waals surface area contributed by atoms with E-state index in [2.05, 4.69) is 62.1 Å². The summed E-state index contributed by atoms with van der Waals surface area (Å²) in [5.41, 5.74) is 2.49. The van der Waals surface area contributed by atoms with Crippen molar-refractivity contribution in [1.82, 2.24) is 10.3 Å². The van der Waals surface area contributed by atoms with Gasteiger partial charge in [-0.05, 0) is 44.5 Å². The van der Waals surface area contributed by atoms with E-state index in [0.29, 0.717) is 6.04 Å². The van der Waals surface area contributed by atoms with Gasteiger partial charge in [-0.1, -0.05) is 13.8 Å². The van der Waals surface area contributed by atoms with Crippen LogP contribution in [0.1, 0.15) is 39.0 Å². The molecule has 96 valence electrons. The molecule has 17 heavy (non-hydrogen) atoms. The first kappa shape index (κ1) is 14.0. The molecule has 3 nitrogen and oxygen atoms in total. The maximum Gasteiger partial charge on any atom is 0.129 e. The summed E-state index contributed by atoms with van der Waals surface area (Å²) < 4.78 is 0. The molecule has 3 heteroatoms. The van der Waals surface area contributed by atoms with Gasteiger partial charge in [-0.15, -0.1) is 0 Å². The number of rotatable bonds is 6. The van der Waals surface area contributed by atoms with Crippen LogP contribution in [0.5, 0.6) is 0 Å². The molecule has 0 aliphatic carbocycles. The van der Waals surface area contributed by atoms with E-state index in [1.807, 2.05) is 0 Å². The van der Waals surface area contributed by atoms with Crippen LogP contribution >= 0.6 is 0 Å². The first-order valence-electron chi connectivity index (χ1n) is 6.51. The normalized spacial score (nSPS) is 10.9. The van der Waals surface area contributed by atoms with Crippen LogP contribution in [0, 0.1) is 0 Å². The lowest BCUT2D eigenvalue weighted by Crippen LogP contribution is -2.27. The van der Waals surface area contributed by atoms with Crippen molar-refractivity contribution < 1.29 is 0 Å². The summed E-state index contributed by atoms with van der Waals surface area (Å²) in [5, 5.41) is 3.36. The highest BCUT2D eigenvalue weighted by Gasteiger charge is 2.08. The van der Waals surface area contributed by atoms with Crippen molar-refractivity contribution in [3.05, 3.63) is 23.4 Å². The van der Waals surface area contributed by atoms with E-state index >= 15 is 0 Å². The number of anilines is 1. The topological polar surface area (TPSA) is 28.2 Å². The standard InChI is InChI=1S/C14H25N3/c1-6-13-8-12(10-15-7-2)9-14(16-13)17(5)11(3)4/h8-9,11,15H,6-7,10H2,1-5H3. The third kappa shape index (κ3) is 4.00. The number of nitrogens with one attached hydrogen (secondary N) is 1. The Morgan fingerprint density at radius 1 is 1.29 bits per heavy atom. The zero-order chi connectivity index (χ0) is 12.8. The average Bonchev–Trinajstić information content (AvgIpc) is 2.34. The van der Waals surface area contributed by atoms with E-state index < -0.39 is 0 Å². The minimum absolute atomic E-state index is 0.474. The summed E-state index contributed by atoms with van der Waals surface area (Å²) >= 11 is 0. The molecule has 0 aliphatic heterocycles. The van der Waals surface area contributed by atoms with E-state index in [9.17, 15) is 0 Å². The summed E-state index contributed by atoms with van der Waals surface area (Å²) in [6.45, 7) is 10.6. The van der Waals surface area contributed by atoms with Gasteiger partial charge in [0.25, 0.3) is 0 Å². The summed E-state index contributed by atoms with van der Waals surface area (Å²) in [4.78, 5) is 6.90. The minimum Gasteiger partial charge on any atom is -0.357 e. The molecule has 0 saturated carbocycles. The highest BCUT2D eigenvalue weighted by Crippen LogP contribution is 2.16. The van der Waals surface area contributed by atoms with Crippen molar-refractivity contribution in [2.45, 2.75) is 46.7 Å². The van der Waals surface area contributed by atoms with Gasteiger partial charge in [-0.25, -0.2) is 4.98 Å². The fraction of sp³-hybridized carbons (Fsp3) is 0.643. The molecule has 0 aliphatic rings. The molecule has 0 amide bonds. The van der Waals surface area contributed by atoms with Crippen LogP contribution in [0.25, 0.3) is 0 Å². The first-order valence-corrected chi connectivity index (χ1v) is 6.51. The lowest BCUT2D eigenvalue weighted by molar-refractivity contribution is 0.715. The van der Waals surface area contributed by atoms with E-state index in [1.165, 1.54) is 11.3 Å². The number of pyridine rings is 1. The highest BCUT2D eigenvalue weighted by molar-refractivity contribution is 5.42. The second-order valence-electron chi connectivity index (χ2n) is 4.66. The van der Waals surface area contributed by atoms with Crippen LogP contribution in [-0.2, 0) is 13.0 Å². The van der Waals surface area contributed by atoms with Gasteiger partial charge in [-0.2, -0.15) is 0 Å². The molecule has 0 unspecified atom stereocenters. The summed E-state index contributed by atoms with van der Waals surface area (Å²) in [6.07, 6.45) is 0.985. The monoisotopic (exact) mass is 235 g/mol. The SMILES string of the molecule is CCNCc1cc(CC)nc(N(C)C(C)C)c1. The molecule has 1 aromatic heterocycles. The molecule has 1 rings (SSSR count). The molecule has 0 radical (unpaired) electrons. The molecule has 0 aromatic carbocycles. The Kier molecular flexibility index (Phi) is 5.42. The van der Waals surface area contributed by atoms with Crippen molar-refractivity contribution in [1.29, 1.82) is 0 Å². The molecule has 0 bridgehead atoms. The van der Waals surface area contributed by atoms with Crippen molar-refractivity contribution in [2.24, 2.45) is 0 Å². The van der Waals surface area contributed by atoms with Gasteiger partial charge < -0.3 is 10.2 Å².